The van der Waals surface area contributed by atoms with Gasteiger partial charge in [0.25, 0.3) is 0 Å². The lowest BCUT2D eigenvalue weighted by Crippen LogP contribution is -2.46. The van der Waals surface area contributed by atoms with Gasteiger partial charge in [0, 0.05) is 38.6 Å². The van der Waals surface area contributed by atoms with E-state index in [-0.39, 0.29) is 6.04 Å². The molecular weight excluding hydrogens is 372 g/mol. The third-order valence-corrected chi connectivity index (χ3v) is 5.08. The van der Waals surface area contributed by atoms with Crippen LogP contribution in [0, 0.1) is 6.92 Å². The monoisotopic (exact) mass is 400 g/mol. The SMILES string of the molecule is COc1ccc(C)cc1NC(=O)C(=O)NC[C@H](c1cccn1C)N1CCOCC1. The van der Waals surface area contributed by atoms with Gasteiger partial charge < -0.3 is 24.7 Å². The summed E-state index contributed by atoms with van der Waals surface area (Å²) in [5.74, 6) is -0.894. The van der Waals surface area contributed by atoms with E-state index in [2.05, 4.69) is 15.5 Å². The maximum atomic E-state index is 12.5. The Labute approximate surface area is 170 Å². The Hall–Kier alpha value is -2.84. The molecule has 8 nitrogen and oxygen atoms in total. The van der Waals surface area contributed by atoms with Crippen molar-refractivity contribution >= 4 is 17.5 Å². The smallest absolute Gasteiger partial charge is 0.313 e. The van der Waals surface area contributed by atoms with Gasteiger partial charge in [-0.1, -0.05) is 6.07 Å². The van der Waals surface area contributed by atoms with Crippen LogP contribution in [0.25, 0.3) is 0 Å². The summed E-state index contributed by atoms with van der Waals surface area (Å²) in [6.07, 6.45) is 1.97. The number of carbonyl (C=O) groups excluding carboxylic acids is 2. The van der Waals surface area contributed by atoms with Gasteiger partial charge in [0.15, 0.2) is 0 Å². The third-order valence-electron chi connectivity index (χ3n) is 5.08. The van der Waals surface area contributed by atoms with Crippen molar-refractivity contribution in [3.63, 3.8) is 0 Å². The number of methoxy groups -OCH3 is 1. The molecule has 0 unspecified atom stereocenters. The van der Waals surface area contributed by atoms with Crippen molar-refractivity contribution in [1.29, 1.82) is 0 Å². The van der Waals surface area contributed by atoms with Crippen molar-refractivity contribution in [3.05, 3.63) is 47.8 Å². The fourth-order valence-electron chi connectivity index (χ4n) is 3.50. The Morgan fingerprint density at radius 3 is 2.62 bits per heavy atom. The zero-order valence-electron chi connectivity index (χ0n) is 17.1. The molecule has 3 rings (SSSR count). The number of hydrogen-bond donors (Lipinski definition) is 2. The van der Waals surface area contributed by atoms with Gasteiger partial charge in [0.2, 0.25) is 0 Å². The second-order valence-electron chi connectivity index (χ2n) is 7.08. The van der Waals surface area contributed by atoms with Crippen LogP contribution in [0.5, 0.6) is 5.75 Å². The molecule has 1 aromatic heterocycles. The van der Waals surface area contributed by atoms with E-state index in [1.54, 1.807) is 12.1 Å². The highest BCUT2D eigenvalue weighted by Gasteiger charge is 2.26. The summed E-state index contributed by atoms with van der Waals surface area (Å²) in [4.78, 5) is 27.1. The van der Waals surface area contributed by atoms with Gasteiger partial charge in [0.05, 0.1) is 32.1 Å². The van der Waals surface area contributed by atoms with Crippen molar-refractivity contribution in [1.82, 2.24) is 14.8 Å². The van der Waals surface area contributed by atoms with E-state index in [9.17, 15) is 9.59 Å². The predicted molar refractivity (Wildman–Crippen MR) is 110 cm³/mol. The number of aromatic nitrogens is 1. The van der Waals surface area contributed by atoms with Gasteiger partial charge in [-0.2, -0.15) is 0 Å². The number of hydrogen-bond acceptors (Lipinski definition) is 5. The van der Waals surface area contributed by atoms with E-state index in [0.29, 0.717) is 31.2 Å². The maximum Gasteiger partial charge on any atom is 0.313 e. The number of benzene rings is 1. The molecule has 0 saturated carbocycles. The normalized spacial score (nSPS) is 15.6. The van der Waals surface area contributed by atoms with Crippen LogP contribution in [-0.2, 0) is 21.4 Å². The summed E-state index contributed by atoms with van der Waals surface area (Å²) in [6, 6.07) is 9.37. The zero-order valence-corrected chi connectivity index (χ0v) is 17.1. The number of anilines is 1. The van der Waals surface area contributed by atoms with Crippen LogP contribution < -0.4 is 15.4 Å². The number of nitrogens with zero attached hydrogens (tertiary/aromatic N) is 2. The molecule has 156 valence electrons. The number of amides is 2. The minimum Gasteiger partial charge on any atom is -0.495 e. The average Bonchev–Trinajstić information content (AvgIpc) is 3.14. The summed E-state index contributed by atoms with van der Waals surface area (Å²) < 4.78 is 12.7. The Kier molecular flexibility index (Phi) is 6.90. The van der Waals surface area contributed by atoms with E-state index < -0.39 is 11.8 Å². The zero-order chi connectivity index (χ0) is 20.8. The minimum absolute atomic E-state index is 0.0378. The molecule has 0 spiro atoms. The minimum atomic E-state index is -0.721. The maximum absolute atomic E-state index is 12.5. The molecule has 29 heavy (non-hydrogen) atoms. The third kappa shape index (κ3) is 5.16. The molecule has 0 bridgehead atoms. The Morgan fingerprint density at radius 2 is 1.97 bits per heavy atom. The highest BCUT2D eigenvalue weighted by molar-refractivity contribution is 6.39. The predicted octanol–water partition coefficient (Wildman–Crippen LogP) is 1.47. The van der Waals surface area contributed by atoms with Crippen molar-refractivity contribution in [3.8, 4) is 5.75 Å². The van der Waals surface area contributed by atoms with Crippen LogP contribution in [0.3, 0.4) is 0 Å². The molecule has 0 aliphatic carbocycles. The fraction of sp³-hybridized carbons (Fsp3) is 0.429. The highest BCUT2D eigenvalue weighted by atomic mass is 16.5. The lowest BCUT2D eigenvalue weighted by molar-refractivity contribution is -0.136. The molecule has 1 atom stereocenters. The number of aryl methyl sites for hydroxylation is 2. The van der Waals surface area contributed by atoms with E-state index in [4.69, 9.17) is 9.47 Å². The van der Waals surface area contributed by atoms with Crippen molar-refractivity contribution in [2.45, 2.75) is 13.0 Å². The summed E-state index contributed by atoms with van der Waals surface area (Å²) >= 11 is 0. The second kappa shape index (κ2) is 9.58. The molecule has 1 saturated heterocycles. The standard InChI is InChI=1S/C21H28N4O4/c1-15-6-7-19(28-3)16(13-15)23-21(27)20(26)22-14-18(17-5-4-8-24(17)2)25-9-11-29-12-10-25/h4-8,13,18H,9-12,14H2,1-3H3,(H,22,26)(H,23,27)/t18-/m1/s1. The molecule has 2 heterocycles. The van der Waals surface area contributed by atoms with Crippen molar-refractivity contribution < 1.29 is 19.1 Å². The van der Waals surface area contributed by atoms with Crippen molar-refractivity contribution in [2.24, 2.45) is 7.05 Å². The number of carbonyl (C=O) groups is 2. The first-order valence-electron chi connectivity index (χ1n) is 9.66. The van der Waals surface area contributed by atoms with E-state index >= 15 is 0 Å². The van der Waals surface area contributed by atoms with E-state index in [1.165, 1.54) is 7.11 Å². The first-order chi connectivity index (χ1) is 14.0. The summed E-state index contributed by atoms with van der Waals surface area (Å²) in [6.45, 7) is 5.10. The molecule has 1 fully saturated rings. The van der Waals surface area contributed by atoms with Crippen molar-refractivity contribution in [2.75, 3.05) is 45.3 Å². The Morgan fingerprint density at radius 1 is 1.21 bits per heavy atom. The van der Waals surface area contributed by atoms with Gasteiger partial charge in [0.1, 0.15) is 5.75 Å². The lowest BCUT2D eigenvalue weighted by atomic mass is 10.1. The number of morpholine rings is 1. The van der Waals surface area contributed by atoms with Crippen LogP contribution in [0.1, 0.15) is 17.3 Å². The van der Waals surface area contributed by atoms with Crippen LogP contribution >= 0.6 is 0 Å². The Bertz CT molecular complexity index is 858. The van der Waals surface area contributed by atoms with Crippen LogP contribution in [0.4, 0.5) is 5.69 Å². The first kappa shape index (κ1) is 20.9. The molecular formula is C21H28N4O4. The molecule has 2 amide bonds. The van der Waals surface area contributed by atoms with Gasteiger partial charge in [-0.25, -0.2) is 0 Å². The number of nitrogens with one attached hydrogen (secondary N) is 2. The van der Waals surface area contributed by atoms with Gasteiger partial charge >= 0.3 is 11.8 Å². The summed E-state index contributed by atoms with van der Waals surface area (Å²) in [5, 5.41) is 5.42. The molecule has 0 radical (unpaired) electrons. The van der Waals surface area contributed by atoms with Gasteiger partial charge in [-0.3, -0.25) is 14.5 Å². The van der Waals surface area contributed by atoms with Gasteiger partial charge in [-0.05, 0) is 36.8 Å². The topological polar surface area (TPSA) is 84.8 Å². The quantitative estimate of drug-likeness (QED) is 0.718. The molecule has 1 aliphatic rings. The number of ether oxygens (including phenoxy) is 2. The van der Waals surface area contributed by atoms with E-state index in [0.717, 1.165) is 24.3 Å². The second-order valence-corrected chi connectivity index (χ2v) is 7.08. The van der Waals surface area contributed by atoms with Crippen LogP contribution in [0.2, 0.25) is 0 Å². The molecule has 2 N–H and O–H groups in total. The first-order valence-corrected chi connectivity index (χ1v) is 9.66. The Balaban J connectivity index is 1.66. The highest BCUT2D eigenvalue weighted by Crippen LogP contribution is 2.25. The van der Waals surface area contributed by atoms with Crippen LogP contribution in [0.15, 0.2) is 36.5 Å². The molecule has 1 aliphatic heterocycles. The van der Waals surface area contributed by atoms with Gasteiger partial charge in [-0.15, -0.1) is 0 Å². The fourth-order valence-corrected chi connectivity index (χ4v) is 3.50. The summed E-state index contributed by atoms with van der Waals surface area (Å²) in [5.41, 5.74) is 2.50. The molecule has 2 aromatic rings. The van der Waals surface area contributed by atoms with Crippen LogP contribution in [-0.4, -0.2) is 61.2 Å². The average molecular weight is 400 g/mol. The molecule has 1 aromatic carbocycles. The summed E-state index contributed by atoms with van der Waals surface area (Å²) in [7, 11) is 3.49. The molecule has 8 heteroatoms. The lowest BCUT2D eigenvalue weighted by Gasteiger charge is -2.34. The largest absolute Gasteiger partial charge is 0.495 e. The van der Waals surface area contributed by atoms with E-state index in [1.807, 2.05) is 42.9 Å². The number of rotatable bonds is 6.